The summed E-state index contributed by atoms with van der Waals surface area (Å²) in [6, 6.07) is 5.76. The second-order valence-corrected chi connectivity index (χ2v) is 9.01. The van der Waals surface area contributed by atoms with E-state index in [1.807, 2.05) is 32.0 Å². The van der Waals surface area contributed by atoms with Crippen molar-refractivity contribution < 1.29 is 13.2 Å². The van der Waals surface area contributed by atoms with Gasteiger partial charge in [0, 0.05) is 38.8 Å². The van der Waals surface area contributed by atoms with Gasteiger partial charge < -0.3 is 4.90 Å². The van der Waals surface area contributed by atoms with E-state index in [0.29, 0.717) is 30.0 Å². The minimum absolute atomic E-state index is 0.0433. The molecule has 27 heavy (non-hydrogen) atoms. The fourth-order valence-electron chi connectivity index (χ4n) is 3.61. The van der Waals surface area contributed by atoms with Crippen molar-refractivity contribution in [1.82, 2.24) is 19.0 Å². The molecule has 1 fully saturated rings. The number of nitrogens with zero attached hydrogens (tertiary/aromatic N) is 4. The molecule has 7 nitrogen and oxygen atoms in total. The number of carbonyl (C=O) groups excluding carboxylic acids is 1. The number of aromatic nitrogens is 2. The topological polar surface area (TPSA) is 75.5 Å². The van der Waals surface area contributed by atoms with E-state index in [1.54, 1.807) is 30.5 Å². The van der Waals surface area contributed by atoms with Gasteiger partial charge in [0.25, 0.3) is 5.91 Å². The highest BCUT2D eigenvalue weighted by Crippen LogP contribution is 2.24. The summed E-state index contributed by atoms with van der Waals surface area (Å²) in [4.78, 5) is 14.8. The van der Waals surface area contributed by atoms with Crippen LogP contribution in [0.5, 0.6) is 0 Å². The third-order valence-corrected chi connectivity index (χ3v) is 7.33. The minimum atomic E-state index is -3.62. The zero-order valence-electron chi connectivity index (χ0n) is 16.5. The Kier molecular flexibility index (Phi) is 5.14. The molecular formula is C19H26N4O3S. The van der Waals surface area contributed by atoms with Gasteiger partial charge in [-0.3, -0.25) is 9.48 Å². The quantitative estimate of drug-likeness (QED) is 0.801. The molecule has 1 aliphatic heterocycles. The highest BCUT2D eigenvalue weighted by atomic mass is 32.2. The summed E-state index contributed by atoms with van der Waals surface area (Å²) in [5, 5.41) is 4.22. The lowest BCUT2D eigenvalue weighted by Gasteiger charge is -2.34. The van der Waals surface area contributed by atoms with E-state index in [2.05, 4.69) is 5.10 Å². The Balaban J connectivity index is 1.76. The van der Waals surface area contributed by atoms with Crippen LogP contribution < -0.4 is 0 Å². The van der Waals surface area contributed by atoms with Crippen LogP contribution in [0.4, 0.5) is 0 Å². The van der Waals surface area contributed by atoms with Crippen LogP contribution in [-0.4, -0.2) is 59.5 Å². The number of hydrogen-bond donors (Lipinski definition) is 0. The van der Waals surface area contributed by atoms with Crippen molar-refractivity contribution in [2.75, 3.05) is 26.2 Å². The van der Waals surface area contributed by atoms with Gasteiger partial charge >= 0.3 is 0 Å². The van der Waals surface area contributed by atoms with Gasteiger partial charge in [0.05, 0.1) is 11.4 Å². The average molecular weight is 391 g/mol. The van der Waals surface area contributed by atoms with Crippen molar-refractivity contribution in [3.05, 3.63) is 46.3 Å². The number of piperazine rings is 1. The Labute approximate surface area is 160 Å². The summed E-state index contributed by atoms with van der Waals surface area (Å²) in [6.45, 7) is 8.71. The Morgan fingerprint density at radius 3 is 2.19 bits per heavy atom. The van der Waals surface area contributed by atoms with E-state index < -0.39 is 10.0 Å². The molecule has 1 saturated heterocycles. The molecular weight excluding hydrogens is 364 g/mol. The van der Waals surface area contributed by atoms with E-state index in [1.165, 1.54) is 4.31 Å². The number of carbonyl (C=O) groups is 1. The summed E-state index contributed by atoms with van der Waals surface area (Å²) in [6.07, 6.45) is 0. The lowest BCUT2D eigenvalue weighted by atomic mass is 10.0. The van der Waals surface area contributed by atoms with Crippen molar-refractivity contribution in [1.29, 1.82) is 0 Å². The highest BCUT2D eigenvalue weighted by Gasteiger charge is 2.34. The van der Waals surface area contributed by atoms with Crippen LogP contribution in [0.15, 0.2) is 23.1 Å². The third-order valence-electron chi connectivity index (χ3n) is 5.18. The van der Waals surface area contributed by atoms with Gasteiger partial charge in [-0.1, -0.05) is 17.7 Å². The molecule has 1 aromatic heterocycles. The number of benzene rings is 1. The zero-order valence-corrected chi connectivity index (χ0v) is 17.3. The molecule has 0 atom stereocenters. The van der Waals surface area contributed by atoms with Crippen LogP contribution in [-0.2, 0) is 17.1 Å². The molecule has 0 spiro atoms. The molecule has 0 bridgehead atoms. The van der Waals surface area contributed by atoms with E-state index in [-0.39, 0.29) is 23.9 Å². The van der Waals surface area contributed by atoms with Crippen LogP contribution >= 0.6 is 0 Å². The molecule has 0 saturated carbocycles. The first-order valence-electron chi connectivity index (χ1n) is 9.00. The van der Waals surface area contributed by atoms with Gasteiger partial charge in [-0.05, 0) is 39.3 Å². The Morgan fingerprint density at radius 1 is 1.04 bits per heavy atom. The van der Waals surface area contributed by atoms with Crippen LogP contribution in [0.25, 0.3) is 0 Å². The van der Waals surface area contributed by atoms with Gasteiger partial charge in [-0.25, -0.2) is 8.42 Å². The summed E-state index contributed by atoms with van der Waals surface area (Å²) < 4.78 is 29.1. The van der Waals surface area contributed by atoms with Crippen LogP contribution in [0, 0.1) is 27.7 Å². The van der Waals surface area contributed by atoms with Crippen molar-refractivity contribution in [2.45, 2.75) is 32.6 Å². The highest BCUT2D eigenvalue weighted by molar-refractivity contribution is 7.89. The van der Waals surface area contributed by atoms with E-state index >= 15 is 0 Å². The van der Waals surface area contributed by atoms with E-state index in [0.717, 1.165) is 11.1 Å². The van der Waals surface area contributed by atoms with E-state index in [4.69, 9.17) is 0 Å². The number of sulfonamides is 1. The fraction of sp³-hybridized carbons (Fsp3) is 0.474. The maximum Gasteiger partial charge on any atom is 0.254 e. The number of aryl methyl sites for hydroxylation is 4. The number of rotatable bonds is 3. The molecule has 3 rings (SSSR count). The molecule has 0 N–H and O–H groups in total. The molecule has 2 aromatic rings. The lowest BCUT2D eigenvalue weighted by Crippen LogP contribution is -2.50. The van der Waals surface area contributed by atoms with E-state index in [9.17, 15) is 13.2 Å². The molecule has 8 heteroatoms. The van der Waals surface area contributed by atoms with Crippen LogP contribution in [0.2, 0.25) is 0 Å². The normalized spacial score (nSPS) is 16.0. The first kappa shape index (κ1) is 19.6. The van der Waals surface area contributed by atoms with Crippen LogP contribution in [0.1, 0.15) is 32.9 Å². The van der Waals surface area contributed by atoms with Crippen molar-refractivity contribution in [2.24, 2.45) is 7.05 Å². The number of amides is 1. The zero-order chi connectivity index (χ0) is 19.9. The molecule has 146 valence electrons. The van der Waals surface area contributed by atoms with Crippen molar-refractivity contribution in [3.8, 4) is 0 Å². The standard InChI is InChI=1S/C19H26N4O3S/c1-13-6-7-17(14(2)12-13)19(24)22-8-10-23(11-9-22)27(25,26)18-15(3)20-21(5)16(18)4/h6-7,12H,8-11H2,1-5H3. The first-order chi connectivity index (χ1) is 12.6. The molecule has 1 amide bonds. The summed E-state index contributed by atoms with van der Waals surface area (Å²) in [7, 11) is -1.88. The lowest BCUT2D eigenvalue weighted by molar-refractivity contribution is 0.0697. The Bertz CT molecular complexity index is 987. The Morgan fingerprint density at radius 2 is 1.67 bits per heavy atom. The predicted octanol–water partition coefficient (Wildman–Crippen LogP) is 1.80. The van der Waals surface area contributed by atoms with Gasteiger partial charge in [0.15, 0.2) is 0 Å². The Hall–Kier alpha value is -2.19. The molecule has 2 heterocycles. The van der Waals surface area contributed by atoms with Crippen molar-refractivity contribution >= 4 is 15.9 Å². The number of hydrogen-bond acceptors (Lipinski definition) is 4. The first-order valence-corrected chi connectivity index (χ1v) is 10.4. The summed E-state index contributed by atoms with van der Waals surface area (Å²) >= 11 is 0. The molecule has 1 aromatic carbocycles. The molecule has 0 aliphatic carbocycles. The summed E-state index contributed by atoms with van der Waals surface area (Å²) in [5.41, 5.74) is 3.86. The molecule has 1 aliphatic rings. The van der Waals surface area contributed by atoms with Gasteiger partial charge in [0.1, 0.15) is 4.90 Å². The SMILES string of the molecule is Cc1ccc(C(=O)N2CCN(S(=O)(=O)c3c(C)nn(C)c3C)CC2)c(C)c1. The van der Waals surface area contributed by atoms with Gasteiger partial charge in [-0.15, -0.1) is 0 Å². The van der Waals surface area contributed by atoms with Crippen molar-refractivity contribution in [3.63, 3.8) is 0 Å². The second kappa shape index (κ2) is 7.09. The average Bonchev–Trinajstić information content (AvgIpc) is 2.87. The largest absolute Gasteiger partial charge is 0.336 e. The smallest absolute Gasteiger partial charge is 0.254 e. The van der Waals surface area contributed by atoms with Gasteiger partial charge in [0.2, 0.25) is 10.0 Å². The monoisotopic (exact) mass is 390 g/mol. The molecule has 0 unspecified atom stereocenters. The predicted molar refractivity (Wildman–Crippen MR) is 103 cm³/mol. The maximum atomic E-state index is 13.0. The maximum absolute atomic E-state index is 13.0. The summed E-state index contributed by atoms with van der Waals surface area (Å²) in [5.74, 6) is -0.0433. The molecule has 0 radical (unpaired) electrons. The minimum Gasteiger partial charge on any atom is -0.336 e. The second-order valence-electron chi connectivity index (χ2n) is 7.14. The van der Waals surface area contributed by atoms with Crippen LogP contribution in [0.3, 0.4) is 0 Å². The fourth-order valence-corrected chi connectivity index (χ4v) is 5.43. The third kappa shape index (κ3) is 3.51. The van der Waals surface area contributed by atoms with Gasteiger partial charge in [-0.2, -0.15) is 9.40 Å².